The highest BCUT2D eigenvalue weighted by molar-refractivity contribution is 6.31. The van der Waals surface area contributed by atoms with Crippen molar-refractivity contribution in [3.8, 4) is 11.5 Å². The van der Waals surface area contributed by atoms with Gasteiger partial charge in [-0.1, -0.05) is 42.6 Å². The Balaban J connectivity index is 1.20. The van der Waals surface area contributed by atoms with Crippen molar-refractivity contribution in [3.63, 3.8) is 0 Å². The second-order valence-electron chi connectivity index (χ2n) is 8.38. The molecular weight excluding hydrogens is 456 g/mol. The molecule has 3 rings (SSSR count). The minimum absolute atomic E-state index is 0.0902. The molecule has 1 aliphatic rings. The molecule has 2 aromatic carbocycles. The van der Waals surface area contributed by atoms with Gasteiger partial charge in [0.2, 0.25) is 5.91 Å². The normalized spacial score (nSPS) is 14.6. The summed E-state index contributed by atoms with van der Waals surface area (Å²) in [5.41, 5.74) is 0.801. The van der Waals surface area contributed by atoms with E-state index in [0.717, 1.165) is 24.2 Å². The third kappa shape index (κ3) is 9.89. The Kier molecular flexibility index (Phi) is 11.5. The zero-order valence-electron chi connectivity index (χ0n) is 19.5. The van der Waals surface area contributed by atoms with Gasteiger partial charge in [-0.15, -0.1) is 0 Å². The van der Waals surface area contributed by atoms with Crippen molar-refractivity contribution in [2.24, 2.45) is 0 Å². The van der Waals surface area contributed by atoms with Crippen LogP contribution in [0.1, 0.15) is 31.2 Å². The van der Waals surface area contributed by atoms with Crippen LogP contribution >= 0.6 is 11.6 Å². The second-order valence-corrected chi connectivity index (χ2v) is 8.79. The number of hydrogen-bond acceptors (Lipinski definition) is 6. The topological polar surface area (TPSA) is 89.1 Å². The maximum atomic E-state index is 12.0. The van der Waals surface area contributed by atoms with Crippen LogP contribution in [0.5, 0.6) is 11.5 Å². The Bertz CT molecular complexity index is 859. The summed E-state index contributed by atoms with van der Waals surface area (Å²) in [6.45, 7) is 2.67. The molecule has 1 atom stereocenters. The van der Waals surface area contributed by atoms with Gasteiger partial charge in [0, 0.05) is 24.7 Å². The molecule has 0 aromatic heterocycles. The third-order valence-electron chi connectivity index (χ3n) is 5.59. The molecule has 8 heteroatoms. The van der Waals surface area contributed by atoms with Crippen LogP contribution in [0.4, 0.5) is 0 Å². The van der Waals surface area contributed by atoms with Gasteiger partial charge in [-0.2, -0.15) is 0 Å². The summed E-state index contributed by atoms with van der Waals surface area (Å²) in [5.74, 6) is 1.34. The highest BCUT2D eigenvalue weighted by atomic mass is 35.5. The van der Waals surface area contributed by atoms with Crippen molar-refractivity contribution in [2.75, 3.05) is 39.5 Å². The van der Waals surface area contributed by atoms with E-state index in [-0.39, 0.29) is 18.9 Å². The molecule has 1 saturated carbocycles. The van der Waals surface area contributed by atoms with E-state index >= 15 is 0 Å². The van der Waals surface area contributed by atoms with E-state index in [1.54, 1.807) is 6.07 Å². The lowest BCUT2D eigenvalue weighted by Gasteiger charge is -2.14. The first kappa shape index (κ1) is 26.3. The van der Waals surface area contributed by atoms with E-state index in [1.165, 1.54) is 12.8 Å². The van der Waals surface area contributed by atoms with Gasteiger partial charge in [0.25, 0.3) is 0 Å². The second kappa shape index (κ2) is 14.8. The molecule has 0 radical (unpaired) electrons. The highest BCUT2D eigenvalue weighted by Crippen LogP contribution is 2.21. The Morgan fingerprint density at radius 1 is 1.00 bits per heavy atom. The van der Waals surface area contributed by atoms with Crippen molar-refractivity contribution in [1.29, 1.82) is 0 Å². The summed E-state index contributed by atoms with van der Waals surface area (Å²) >= 11 is 6.07. The molecule has 34 heavy (non-hydrogen) atoms. The van der Waals surface area contributed by atoms with Gasteiger partial charge < -0.3 is 30.0 Å². The summed E-state index contributed by atoms with van der Waals surface area (Å²) in [6, 6.07) is 14.6. The molecule has 186 valence electrons. The van der Waals surface area contributed by atoms with E-state index in [9.17, 15) is 9.90 Å². The molecule has 2 aromatic rings. The number of carbonyl (C=O) groups is 1. The van der Waals surface area contributed by atoms with E-state index in [1.807, 2.05) is 42.5 Å². The van der Waals surface area contributed by atoms with Crippen molar-refractivity contribution in [2.45, 2.75) is 44.3 Å². The average molecular weight is 491 g/mol. The number of rotatable bonds is 15. The van der Waals surface area contributed by atoms with Crippen molar-refractivity contribution < 1.29 is 24.1 Å². The van der Waals surface area contributed by atoms with Gasteiger partial charge in [-0.3, -0.25) is 4.79 Å². The summed E-state index contributed by atoms with van der Waals surface area (Å²) in [6.07, 6.45) is 4.83. The van der Waals surface area contributed by atoms with Gasteiger partial charge >= 0.3 is 0 Å². The lowest BCUT2D eigenvalue weighted by molar-refractivity contribution is -0.120. The standard InChI is InChI=1S/C26H35ClN2O5/c27-25-8-4-1-5-20(25)17-26(31)29-14-13-28-18-21(30)19-34-24-11-9-23(10-12-24)33-16-15-32-22-6-2-3-7-22/h1,4-5,8-12,21-22,28,30H,2-3,6-7,13-19H2,(H,29,31). The Labute approximate surface area is 206 Å². The maximum absolute atomic E-state index is 12.0. The number of carbonyl (C=O) groups excluding carboxylic acids is 1. The van der Waals surface area contributed by atoms with Gasteiger partial charge in [0.05, 0.1) is 19.1 Å². The molecule has 3 N–H and O–H groups in total. The Morgan fingerprint density at radius 3 is 2.44 bits per heavy atom. The van der Waals surface area contributed by atoms with Crippen LogP contribution in [-0.2, 0) is 16.0 Å². The van der Waals surface area contributed by atoms with Crippen molar-refractivity contribution in [1.82, 2.24) is 10.6 Å². The number of nitrogens with one attached hydrogen (secondary N) is 2. The van der Waals surface area contributed by atoms with Gasteiger partial charge in [-0.05, 0) is 48.7 Å². The summed E-state index contributed by atoms with van der Waals surface area (Å²) in [7, 11) is 0. The molecule has 7 nitrogen and oxygen atoms in total. The van der Waals surface area contributed by atoms with Crippen LogP contribution in [-0.4, -0.2) is 62.7 Å². The van der Waals surface area contributed by atoms with Crippen LogP contribution in [0.3, 0.4) is 0 Å². The van der Waals surface area contributed by atoms with E-state index < -0.39 is 6.10 Å². The van der Waals surface area contributed by atoms with Crippen LogP contribution in [0.25, 0.3) is 0 Å². The smallest absolute Gasteiger partial charge is 0.224 e. The molecule has 0 bridgehead atoms. The van der Waals surface area contributed by atoms with Crippen molar-refractivity contribution >= 4 is 17.5 Å². The maximum Gasteiger partial charge on any atom is 0.224 e. The quantitative estimate of drug-likeness (QED) is 0.332. The fourth-order valence-corrected chi connectivity index (χ4v) is 3.95. The number of benzene rings is 2. The zero-order valence-corrected chi connectivity index (χ0v) is 20.3. The summed E-state index contributed by atoms with van der Waals surface area (Å²) < 4.78 is 17.1. The highest BCUT2D eigenvalue weighted by Gasteiger charge is 2.14. The first-order valence-electron chi connectivity index (χ1n) is 12.0. The van der Waals surface area contributed by atoms with Gasteiger partial charge in [-0.25, -0.2) is 0 Å². The van der Waals surface area contributed by atoms with E-state index in [4.69, 9.17) is 25.8 Å². The third-order valence-corrected chi connectivity index (χ3v) is 5.96. The van der Waals surface area contributed by atoms with Gasteiger partial charge in [0.1, 0.15) is 30.8 Å². The summed E-state index contributed by atoms with van der Waals surface area (Å²) in [5, 5.41) is 16.6. The van der Waals surface area contributed by atoms with Crippen LogP contribution < -0.4 is 20.1 Å². The molecular formula is C26H35ClN2O5. The monoisotopic (exact) mass is 490 g/mol. The number of ether oxygens (including phenoxy) is 3. The molecule has 0 saturated heterocycles. The van der Waals surface area contributed by atoms with Crippen LogP contribution in [0.15, 0.2) is 48.5 Å². The average Bonchev–Trinajstić information content (AvgIpc) is 3.36. The molecule has 1 fully saturated rings. The predicted octanol–water partition coefficient (Wildman–Crippen LogP) is 3.37. The lowest BCUT2D eigenvalue weighted by atomic mass is 10.1. The number of amides is 1. The minimum atomic E-state index is -0.664. The molecule has 1 unspecified atom stereocenters. The first-order valence-corrected chi connectivity index (χ1v) is 12.3. The van der Waals surface area contributed by atoms with E-state index in [0.29, 0.717) is 49.7 Å². The Morgan fingerprint density at radius 2 is 1.71 bits per heavy atom. The zero-order chi connectivity index (χ0) is 24.0. The van der Waals surface area contributed by atoms with Crippen LogP contribution in [0.2, 0.25) is 5.02 Å². The molecule has 0 spiro atoms. The number of aliphatic hydroxyl groups excluding tert-OH is 1. The van der Waals surface area contributed by atoms with Gasteiger partial charge in [0.15, 0.2) is 0 Å². The summed E-state index contributed by atoms with van der Waals surface area (Å²) in [4.78, 5) is 12.0. The molecule has 0 aliphatic heterocycles. The fraction of sp³-hybridized carbons (Fsp3) is 0.500. The molecule has 0 heterocycles. The predicted molar refractivity (Wildman–Crippen MR) is 133 cm³/mol. The SMILES string of the molecule is O=C(Cc1ccccc1Cl)NCCNCC(O)COc1ccc(OCCOC2CCCC2)cc1. The minimum Gasteiger partial charge on any atom is -0.491 e. The number of hydrogen-bond donors (Lipinski definition) is 3. The lowest BCUT2D eigenvalue weighted by Crippen LogP contribution is -2.37. The number of aliphatic hydroxyl groups is 1. The Hall–Kier alpha value is -2.32. The fourth-order valence-electron chi connectivity index (χ4n) is 3.75. The van der Waals surface area contributed by atoms with Crippen molar-refractivity contribution in [3.05, 3.63) is 59.1 Å². The van der Waals surface area contributed by atoms with Crippen LogP contribution in [0, 0.1) is 0 Å². The molecule has 1 aliphatic carbocycles. The largest absolute Gasteiger partial charge is 0.491 e. The van der Waals surface area contributed by atoms with E-state index in [2.05, 4.69) is 10.6 Å². The molecule has 1 amide bonds. The first-order chi connectivity index (χ1) is 16.6. The number of halogens is 1.